The summed E-state index contributed by atoms with van der Waals surface area (Å²) in [6, 6.07) is 1.71. The number of aromatic nitrogens is 1. The third-order valence-corrected chi connectivity index (χ3v) is 2.89. The van der Waals surface area contributed by atoms with Crippen molar-refractivity contribution in [2.45, 2.75) is 6.92 Å². The zero-order valence-electron chi connectivity index (χ0n) is 11.1. The van der Waals surface area contributed by atoms with E-state index in [1.54, 1.807) is 36.9 Å². The van der Waals surface area contributed by atoms with Crippen molar-refractivity contribution in [3.63, 3.8) is 0 Å². The highest BCUT2D eigenvalue weighted by Crippen LogP contribution is 2.15. The van der Waals surface area contributed by atoms with Crippen molar-refractivity contribution in [1.82, 2.24) is 9.47 Å². The van der Waals surface area contributed by atoms with Crippen molar-refractivity contribution >= 4 is 27.8 Å². The Bertz CT molecular complexity index is 482. The second-order valence-corrected chi connectivity index (χ2v) is 4.85. The van der Waals surface area contributed by atoms with Gasteiger partial charge in [-0.2, -0.15) is 0 Å². The molecule has 0 aliphatic heterocycles. The van der Waals surface area contributed by atoms with E-state index in [0.717, 1.165) is 4.47 Å². The average Bonchev–Trinajstić information content (AvgIpc) is 2.67. The lowest BCUT2D eigenvalue weighted by molar-refractivity contribution is -0.143. The molecule has 5 nitrogen and oxygen atoms in total. The fraction of sp³-hybridized carbons (Fsp3) is 0.385. The van der Waals surface area contributed by atoms with Crippen molar-refractivity contribution < 1.29 is 14.3 Å². The first-order chi connectivity index (χ1) is 8.99. The van der Waals surface area contributed by atoms with Crippen LogP contribution in [0.2, 0.25) is 0 Å². The molecular weight excluding hydrogens is 312 g/mol. The van der Waals surface area contributed by atoms with Crippen LogP contribution in [0.5, 0.6) is 0 Å². The van der Waals surface area contributed by atoms with Gasteiger partial charge in [-0.15, -0.1) is 6.58 Å². The SMILES string of the molecule is C=CCN(CC(=O)OCC)C(=O)c1cc(Br)cn1C. The van der Waals surface area contributed by atoms with Gasteiger partial charge in [0.05, 0.1) is 6.61 Å². The van der Waals surface area contributed by atoms with Gasteiger partial charge in [-0.05, 0) is 28.9 Å². The lowest BCUT2D eigenvalue weighted by Crippen LogP contribution is -2.37. The van der Waals surface area contributed by atoms with E-state index in [-0.39, 0.29) is 12.5 Å². The van der Waals surface area contributed by atoms with Gasteiger partial charge in [-0.1, -0.05) is 6.08 Å². The summed E-state index contributed by atoms with van der Waals surface area (Å²) in [5, 5.41) is 0. The Labute approximate surface area is 121 Å². The first kappa shape index (κ1) is 15.5. The van der Waals surface area contributed by atoms with Crippen LogP contribution in [-0.2, 0) is 16.6 Å². The summed E-state index contributed by atoms with van der Waals surface area (Å²) < 4.78 is 7.37. The van der Waals surface area contributed by atoms with Crippen LogP contribution in [0.4, 0.5) is 0 Å². The third kappa shape index (κ3) is 4.24. The van der Waals surface area contributed by atoms with Gasteiger partial charge in [0.15, 0.2) is 0 Å². The van der Waals surface area contributed by atoms with Crippen LogP contribution in [-0.4, -0.2) is 41.0 Å². The molecule has 0 bridgehead atoms. The number of amides is 1. The Morgan fingerprint density at radius 3 is 2.74 bits per heavy atom. The summed E-state index contributed by atoms with van der Waals surface area (Å²) in [5.74, 6) is -0.660. The number of carbonyl (C=O) groups is 2. The van der Waals surface area contributed by atoms with Crippen molar-refractivity contribution in [3.8, 4) is 0 Å². The second kappa shape index (κ2) is 7.13. The molecule has 1 aromatic rings. The van der Waals surface area contributed by atoms with E-state index in [2.05, 4.69) is 22.5 Å². The number of carbonyl (C=O) groups excluding carboxylic acids is 2. The zero-order chi connectivity index (χ0) is 14.4. The molecule has 1 aromatic heterocycles. The van der Waals surface area contributed by atoms with Crippen LogP contribution in [0.25, 0.3) is 0 Å². The predicted octanol–water partition coefficient (Wildman–Crippen LogP) is 1.98. The van der Waals surface area contributed by atoms with Gasteiger partial charge in [0, 0.05) is 24.3 Å². The number of esters is 1. The summed E-state index contributed by atoms with van der Waals surface area (Å²) in [7, 11) is 1.77. The normalized spacial score (nSPS) is 10.1. The molecule has 0 aliphatic rings. The first-order valence-electron chi connectivity index (χ1n) is 5.87. The fourth-order valence-corrected chi connectivity index (χ4v) is 2.16. The molecule has 1 heterocycles. The molecule has 0 fully saturated rings. The lowest BCUT2D eigenvalue weighted by Gasteiger charge is -2.20. The van der Waals surface area contributed by atoms with Crippen LogP contribution in [0, 0.1) is 0 Å². The highest BCUT2D eigenvalue weighted by atomic mass is 79.9. The average molecular weight is 329 g/mol. The lowest BCUT2D eigenvalue weighted by atomic mass is 10.3. The molecule has 1 amide bonds. The standard InChI is InChI=1S/C13H17BrN2O3/c1-4-6-16(9-12(17)19-5-2)13(18)11-7-10(14)8-15(11)3/h4,7-8H,1,5-6,9H2,2-3H3. The summed E-state index contributed by atoms with van der Waals surface area (Å²) >= 11 is 3.31. The molecule has 0 aliphatic carbocycles. The quantitative estimate of drug-likeness (QED) is 0.592. The fourth-order valence-electron chi connectivity index (χ4n) is 1.64. The Kier molecular flexibility index (Phi) is 5.82. The molecular formula is C13H17BrN2O3. The van der Waals surface area contributed by atoms with Crippen LogP contribution in [0.1, 0.15) is 17.4 Å². The van der Waals surface area contributed by atoms with E-state index in [1.807, 2.05) is 0 Å². The number of halogens is 1. The molecule has 0 atom stereocenters. The Hall–Kier alpha value is -1.56. The highest BCUT2D eigenvalue weighted by molar-refractivity contribution is 9.10. The Morgan fingerprint density at radius 1 is 1.58 bits per heavy atom. The van der Waals surface area contributed by atoms with Gasteiger partial charge < -0.3 is 14.2 Å². The molecule has 0 spiro atoms. The minimum atomic E-state index is -0.425. The molecule has 0 N–H and O–H groups in total. The van der Waals surface area contributed by atoms with Gasteiger partial charge >= 0.3 is 5.97 Å². The Morgan fingerprint density at radius 2 is 2.26 bits per heavy atom. The predicted molar refractivity (Wildman–Crippen MR) is 75.8 cm³/mol. The number of hydrogen-bond donors (Lipinski definition) is 0. The molecule has 6 heteroatoms. The van der Waals surface area contributed by atoms with Crippen molar-refractivity contribution in [2.24, 2.45) is 7.05 Å². The van der Waals surface area contributed by atoms with E-state index >= 15 is 0 Å². The van der Waals surface area contributed by atoms with Crippen molar-refractivity contribution in [3.05, 3.63) is 35.1 Å². The molecule has 0 saturated heterocycles. The second-order valence-electron chi connectivity index (χ2n) is 3.93. The molecule has 19 heavy (non-hydrogen) atoms. The number of nitrogens with zero attached hydrogens (tertiary/aromatic N) is 2. The van der Waals surface area contributed by atoms with Crippen molar-refractivity contribution in [2.75, 3.05) is 19.7 Å². The minimum Gasteiger partial charge on any atom is -0.465 e. The van der Waals surface area contributed by atoms with Gasteiger partial charge in [0.25, 0.3) is 5.91 Å². The maximum absolute atomic E-state index is 12.3. The highest BCUT2D eigenvalue weighted by Gasteiger charge is 2.21. The van der Waals surface area contributed by atoms with E-state index in [4.69, 9.17) is 4.74 Å². The van der Waals surface area contributed by atoms with Crippen LogP contribution >= 0.6 is 15.9 Å². The van der Waals surface area contributed by atoms with Crippen LogP contribution in [0.15, 0.2) is 29.4 Å². The maximum Gasteiger partial charge on any atom is 0.325 e. The molecule has 1 rings (SSSR count). The topological polar surface area (TPSA) is 51.5 Å². The van der Waals surface area contributed by atoms with E-state index < -0.39 is 5.97 Å². The molecule has 0 radical (unpaired) electrons. The Balaban J connectivity index is 2.86. The zero-order valence-corrected chi connectivity index (χ0v) is 12.6. The first-order valence-corrected chi connectivity index (χ1v) is 6.66. The van der Waals surface area contributed by atoms with Crippen LogP contribution < -0.4 is 0 Å². The van der Waals surface area contributed by atoms with Gasteiger partial charge in [-0.3, -0.25) is 9.59 Å². The molecule has 0 saturated carbocycles. The summed E-state index contributed by atoms with van der Waals surface area (Å²) in [6.45, 7) is 5.83. The van der Waals surface area contributed by atoms with Crippen molar-refractivity contribution in [1.29, 1.82) is 0 Å². The monoisotopic (exact) mass is 328 g/mol. The minimum absolute atomic E-state index is 0.0819. The van der Waals surface area contributed by atoms with Gasteiger partial charge in [0.1, 0.15) is 12.2 Å². The van der Waals surface area contributed by atoms with E-state index in [0.29, 0.717) is 18.8 Å². The smallest absolute Gasteiger partial charge is 0.325 e. The van der Waals surface area contributed by atoms with Crippen LogP contribution in [0.3, 0.4) is 0 Å². The number of rotatable bonds is 6. The molecule has 0 unspecified atom stereocenters. The molecule has 0 aromatic carbocycles. The third-order valence-electron chi connectivity index (χ3n) is 2.45. The molecule has 104 valence electrons. The summed E-state index contributed by atoms with van der Waals surface area (Å²) in [5.41, 5.74) is 0.498. The summed E-state index contributed by atoms with van der Waals surface area (Å²) in [6.07, 6.45) is 3.36. The van der Waals surface area contributed by atoms with Gasteiger partial charge in [0.2, 0.25) is 0 Å². The van der Waals surface area contributed by atoms with E-state index in [9.17, 15) is 9.59 Å². The van der Waals surface area contributed by atoms with Gasteiger partial charge in [-0.25, -0.2) is 0 Å². The number of hydrogen-bond acceptors (Lipinski definition) is 3. The number of ether oxygens (including phenoxy) is 1. The maximum atomic E-state index is 12.3. The largest absolute Gasteiger partial charge is 0.465 e. The van der Waals surface area contributed by atoms with E-state index in [1.165, 1.54) is 4.90 Å². The summed E-state index contributed by atoms with van der Waals surface area (Å²) in [4.78, 5) is 25.2. The number of aryl methyl sites for hydroxylation is 1.